The van der Waals surface area contributed by atoms with Crippen molar-refractivity contribution >= 4 is 23.2 Å². The van der Waals surface area contributed by atoms with Crippen molar-refractivity contribution in [1.82, 2.24) is 15.2 Å². The SMILES string of the molecule is CCOc1ccccc1-c1ccc(C2(C(=O)N[C@H]3CCN(C)C3)CCN(c3c(F)cc(Cl)cc3C#N)CC2)cn1. The van der Waals surface area contributed by atoms with Gasteiger partial charge in [-0.3, -0.25) is 9.78 Å². The Morgan fingerprint density at radius 2 is 2.00 bits per heavy atom. The largest absolute Gasteiger partial charge is 0.493 e. The van der Waals surface area contributed by atoms with Crippen LogP contribution >= 0.6 is 11.6 Å². The number of rotatable bonds is 7. The molecule has 40 heavy (non-hydrogen) atoms. The van der Waals surface area contributed by atoms with Crippen molar-refractivity contribution in [2.45, 2.75) is 37.6 Å². The molecule has 0 saturated carbocycles. The Balaban J connectivity index is 1.46. The molecule has 0 spiro atoms. The molecule has 2 saturated heterocycles. The minimum Gasteiger partial charge on any atom is -0.493 e. The molecular formula is C31H33ClFN5O2. The Morgan fingerprint density at radius 3 is 2.65 bits per heavy atom. The van der Waals surface area contributed by atoms with Gasteiger partial charge in [-0.2, -0.15) is 5.26 Å². The number of pyridine rings is 1. The van der Waals surface area contributed by atoms with Gasteiger partial charge in [-0.05, 0) is 75.7 Å². The highest BCUT2D eigenvalue weighted by Gasteiger charge is 2.45. The molecule has 0 aliphatic carbocycles. The molecule has 7 nitrogen and oxygen atoms in total. The second kappa shape index (κ2) is 11.8. The van der Waals surface area contributed by atoms with Gasteiger partial charge >= 0.3 is 0 Å². The molecular weight excluding hydrogens is 529 g/mol. The molecule has 1 N–H and O–H groups in total. The van der Waals surface area contributed by atoms with Gasteiger partial charge in [0.25, 0.3) is 0 Å². The number of aromatic nitrogens is 1. The van der Waals surface area contributed by atoms with Gasteiger partial charge in [0.05, 0.1) is 29.0 Å². The maximum atomic E-state index is 15.0. The van der Waals surface area contributed by atoms with E-state index in [0.29, 0.717) is 32.5 Å². The van der Waals surface area contributed by atoms with E-state index < -0.39 is 11.2 Å². The Bertz CT molecular complexity index is 1420. The lowest BCUT2D eigenvalue weighted by atomic mass is 9.72. The van der Waals surface area contributed by atoms with Gasteiger partial charge in [0.15, 0.2) is 0 Å². The molecule has 208 valence electrons. The fourth-order valence-electron chi connectivity index (χ4n) is 5.90. The predicted octanol–water partition coefficient (Wildman–Crippen LogP) is 5.17. The van der Waals surface area contributed by atoms with Crippen molar-refractivity contribution in [2.24, 2.45) is 0 Å². The fourth-order valence-corrected chi connectivity index (χ4v) is 6.11. The summed E-state index contributed by atoms with van der Waals surface area (Å²) in [5.74, 6) is 0.192. The number of hydrogen-bond donors (Lipinski definition) is 1. The van der Waals surface area contributed by atoms with Gasteiger partial charge in [-0.15, -0.1) is 0 Å². The summed E-state index contributed by atoms with van der Waals surface area (Å²) in [5, 5.41) is 13.1. The van der Waals surface area contributed by atoms with Gasteiger partial charge in [-0.25, -0.2) is 4.39 Å². The third-order valence-corrected chi connectivity index (χ3v) is 8.24. The summed E-state index contributed by atoms with van der Waals surface area (Å²) < 4.78 is 20.8. The number of carbonyl (C=O) groups is 1. The van der Waals surface area contributed by atoms with Crippen LogP contribution in [-0.2, 0) is 10.2 Å². The third kappa shape index (κ3) is 5.49. The van der Waals surface area contributed by atoms with Crippen LogP contribution < -0.4 is 15.0 Å². The van der Waals surface area contributed by atoms with Gasteiger partial charge < -0.3 is 19.9 Å². The second-order valence-electron chi connectivity index (χ2n) is 10.5. The molecule has 2 aliphatic heterocycles. The summed E-state index contributed by atoms with van der Waals surface area (Å²) in [6.07, 6.45) is 3.59. The van der Waals surface area contributed by atoms with Gasteiger partial charge in [0, 0.05) is 42.5 Å². The van der Waals surface area contributed by atoms with Crippen molar-refractivity contribution in [3.05, 3.63) is 76.7 Å². The molecule has 2 aliphatic rings. The number of likely N-dealkylation sites (tertiary alicyclic amines) is 1. The van der Waals surface area contributed by atoms with Crippen LogP contribution in [0.1, 0.15) is 37.3 Å². The summed E-state index contributed by atoms with van der Waals surface area (Å²) >= 11 is 6.00. The fraction of sp³-hybridized carbons (Fsp3) is 0.387. The molecule has 9 heteroatoms. The highest BCUT2D eigenvalue weighted by molar-refractivity contribution is 6.30. The average molecular weight is 562 g/mol. The van der Waals surface area contributed by atoms with E-state index in [1.165, 1.54) is 12.1 Å². The lowest BCUT2D eigenvalue weighted by Crippen LogP contribution is -2.54. The number of likely N-dealkylation sites (N-methyl/N-ethyl adjacent to an activating group) is 1. The predicted molar refractivity (Wildman–Crippen MR) is 154 cm³/mol. The maximum absolute atomic E-state index is 15.0. The molecule has 5 rings (SSSR count). The minimum absolute atomic E-state index is 0.0335. The summed E-state index contributed by atoms with van der Waals surface area (Å²) in [7, 11) is 2.05. The number of ether oxygens (including phenoxy) is 1. The van der Waals surface area contributed by atoms with E-state index in [1.807, 2.05) is 48.2 Å². The van der Waals surface area contributed by atoms with E-state index in [4.69, 9.17) is 21.3 Å². The number of benzene rings is 2. The molecule has 1 atom stereocenters. The van der Waals surface area contributed by atoms with Gasteiger partial charge in [0.1, 0.15) is 17.6 Å². The number of halogens is 2. The van der Waals surface area contributed by atoms with Crippen molar-refractivity contribution in [1.29, 1.82) is 5.26 Å². The highest BCUT2D eigenvalue weighted by atomic mass is 35.5. The Labute approximate surface area is 239 Å². The Kier molecular flexibility index (Phi) is 8.24. The minimum atomic E-state index is -0.835. The molecule has 3 aromatic rings. The van der Waals surface area contributed by atoms with E-state index >= 15 is 0 Å². The first-order valence-electron chi connectivity index (χ1n) is 13.7. The van der Waals surface area contributed by atoms with E-state index in [1.54, 1.807) is 6.20 Å². The van der Waals surface area contributed by atoms with Crippen LogP contribution in [0.25, 0.3) is 11.3 Å². The molecule has 3 heterocycles. The number of anilines is 1. The van der Waals surface area contributed by atoms with Crippen molar-refractivity contribution in [3.63, 3.8) is 0 Å². The van der Waals surface area contributed by atoms with Crippen molar-refractivity contribution in [2.75, 3.05) is 44.7 Å². The topological polar surface area (TPSA) is 81.5 Å². The molecule has 2 aromatic carbocycles. The van der Waals surface area contributed by atoms with Crippen LogP contribution in [-0.4, -0.2) is 61.7 Å². The molecule has 1 amide bonds. The van der Waals surface area contributed by atoms with Crippen molar-refractivity contribution in [3.8, 4) is 23.1 Å². The zero-order valence-corrected chi connectivity index (χ0v) is 23.5. The van der Waals surface area contributed by atoms with Crippen LogP contribution in [0.3, 0.4) is 0 Å². The van der Waals surface area contributed by atoms with Crippen LogP contribution in [0, 0.1) is 17.1 Å². The van der Waals surface area contributed by atoms with Crippen LogP contribution in [0.4, 0.5) is 10.1 Å². The highest BCUT2D eigenvalue weighted by Crippen LogP contribution is 2.40. The summed E-state index contributed by atoms with van der Waals surface area (Å²) in [5.41, 5.74) is 2.07. The summed E-state index contributed by atoms with van der Waals surface area (Å²) in [4.78, 5) is 22.8. The van der Waals surface area contributed by atoms with E-state index in [9.17, 15) is 14.4 Å². The first-order chi connectivity index (χ1) is 19.3. The molecule has 1 aromatic heterocycles. The lowest BCUT2D eigenvalue weighted by Gasteiger charge is -2.42. The number of amides is 1. The zero-order valence-electron chi connectivity index (χ0n) is 22.8. The number of carbonyl (C=O) groups excluding carboxylic acids is 1. The van der Waals surface area contributed by atoms with Crippen molar-refractivity contribution < 1.29 is 13.9 Å². The normalized spacial score (nSPS) is 18.8. The zero-order chi connectivity index (χ0) is 28.3. The number of nitrogens with zero attached hydrogens (tertiary/aromatic N) is 4. The maximum Gasteiger partial charge on any atom is 0.231 e. The number of piperidine rings is 1. The third-order valence-electron chi connectivity index (χ3n) is 8.02. The Hall–Kier alpha value is -3.67. The molecule has 0 unspecified atom stereocenters. The number of para-hydroxylation sites is 1. The van der Waals surface area contributed by atoms with E-state index in [-0.39, 0.29) is 28.2 Å². The molecule has 2 fully saturated rings. The second-order valence-corrected chi connectivity index (χ2v) is 11.0. The Morgan fingerprint density at radius 1 is 1.23 bits per heavy atom. The summed E-state index contributed by atoms with van der Waals surface area (Å²) in [6.45, 7) is 5.04. The quantitative estimate of drug-likeness (QED) is 0.429. The number of hydrogen-bond acceptors (Lipinski definition) is 6. The summed E-state index contributed by atoms with van der Waals surface area (Å²) in [6, 6.07) is 16.5. The van der Waals surface area contributed by atoms with Crippen LogP contribution in [0.2, 0.25) is 5.02 Å². The number of nitrogens with one attached hydrogen (secondary N) is 1. The molecule has 0 radical (unpaired) electrons. The smallest absolute Gasteiger partial charge is 0.231 e. The van der Waals surface area contributed by atoms with Crippen LogP contribution in [0.5, 0.6) is 5.75 Å². The average Bonchev–Trinajstić information content (AvgIpc) is 3.37. The van der Waals surface area contributed by atoms with Crippen LogP contribution in [0.15, 0.2) is 54.7 Å². The monoisotopic (exact) mass is 561 g/mol. The first-order valence-corrected chi connectivity index (χ1v) is 14.0. The first kappa shape index (κ1) is 27.9. The lowest BCUT2D eigenvalue weighted by molar-refractivity contribution is -0.128. The number of nitriles is 1. The van der Waals surface area contributed by atoms with Gasteiger partial charge in [0.2, 0.25) is 5.91 Å². The van der Waals surface area contributed by atoms with E-state index in [0.717, 1.165) is 42.1 Å². The standard InChI is InChI=1S/C31H33ClFN5O2/c1-3-40-28-7-5-4-6-25(28)27-9-8-22(19-35-27)31(30(39)36-24-10-13-37(2)20-24)11-14-38(15-12-31)29-21(18-34)16-23(32)17-26(29)33/h4-9,16-17,19,24H,3,10-15,20H2,1-2H3,(H,36,39)/t24-/m0/s1. The van der Waals surface area contributed by atoms with Gasteiger partial charge in [-0.1, -0.05) is 29.8 Å². The molecule has 0 bridgehead atoms. The van der Waals surface area contributed by atoms with E-state index in [2.05, 4.69) is 23.3 Å².